The van der Waals surface area contributed by atoms with Gasteiger partial charge in [0, 0.05) is 0 Å². The van der Waals surface area contributed by atoms with Crippen LogP contribution in [-0.4, -0.2) is 68.0 Å². The van der Waals surface area contributed by atoms with Gasteiger partial charge in [-0.05, 0) is 30.3 Å². The van der Waals surface area contributed by atoms with Crippen LogP contribution in [0.5, 0.6) is 17.2 Å². The molecule has 1 aromatic heterocycles. The fourth-order valence-corrected chi connectivity index (χ4v) is 3.29. The molecule has 0 saturated carbocycles. The van der Waals surface area contributed by atoms with Crippen LogP contribution in [0.25, 0.3) is 21.9 Å². The third-order valence-electron chi connectivity index (χ3n) is 4.84. The van der Waals surface area contributed by atoms with E-state index in [4.69, 9.17) is 13.9 Å². The molecule has 29 heavy (non-hydrogen) atoms. The summed E-state index contributed by atoms with van der Waals surface area (Å²) in [5, 5.41) is 58.8. The lowest BCUT2D eigenvalue weighted by Gasteiger charge is -2.39. The van der Waals surface area contributed by atoms with Crippen LogP contribution >= 0.6 is 0 Å². The lowest BCUT2D eigenvalue weighted by atomic mass is 9.99. The molecule has 5 atom stereocenters. The van der Waals surface area contributed by atoms with Crippen molar-refractivity contribution in [3.05, 3.63) is 40.6 Å². The monoisotopic (exact) mass is 406 g/mol. The summed E-state index contributed by atoms with van der Waals surface area (Å²) in [6, 6.07) is 6.33. The summed E-state index contributed by atoms with van der Waals surface area (Å²) in [7, 11) is 0. The van der Waals surface area contributed by atoms with E-state index in [1.54, 1.807) is 0 Å². The summed E-state index contributed by atoms with van der Waals surface area (Å²) in [6.45, 7) is -0.635. The molecule has 0 bridgehead atoms. The van der Waals surface area contributed by atoms with Gasteiger partial charge >= 0.3 is 0 Å². The van der Waals surface area contributed by atoms with Crippen LogP contribution in [0.15, 0.2) is 39.5 Å². The van der Waals surface area contributed by atoms with Gasteiger partial charge in [-0.3, -0.25) is 4.79 Å². The summed E-state index contributed by atoms with van der Waals surface area (Å²) >= 11 is 0. The van der Waals surface area contributed by atoms with Gasteiger partial charge in [-0.2, -0.15) is 0 Å². The van der Waals surface area contributed by atoms with Gasteiger partial charge in [0.15, 0.2) is 11.3 Å². The van der Waals surface area contributed by atoms with Crippen molar-refractivity contribution in [3.63, 3.8) is 0 Å². The first-order valence-corrected chi connectivity index (χ1v) is 8.70. The molecule has 3 aromatic rings. The van der Waals surface area contributed by atoms with E-state index in [-0.39, 0.29) is 39.2 Å². The Morgan fingerprint density at radius 1 is 1.00 bits per heavy atom. The molecule has 0 spiro atoms. The molecule has 1 aliphatic rings. The average molecular weight is 406 g/mol. The second-order valence-electron chi connectivity index (χ2n) is 6.71. The fraction of sp³-hybridized carbons (Fsp3) is 0.316. The number of hydrogen-bond donors (Lipinski definition) is 6. The summed E-state index contributed by atoms with van der Waals surface area (Å²) in [5.74, 6) is -0.633. The second-order valence-corrected chi connectivity index (χ2v) is 6.71. The smallest absolute Gasteiger partial charge is 0.229 e. The Bertz CT molecular complexity index is 1120. The van der Waals surface area contributed by atoms with Crippen LogP contribution in [0.2, 0.25) is 0 Å². The Morgan fingerprint density at radius 3 is 2.48 bits per heavy atom. The Kier molecular flexibility index (Phi) is 4.81. The molecule has 4 rings (SSSR count). The third-order valence-corrected chi connectivity index (χ3v) is 4.84. The van der Waals surface area contributed by atoms with Crippen molar-refractivity contribution >= 4 is 21.9 Å². The molecule has 0 aliphatic carbocycles. The minimum atomic E-state index is -1.67. The molecule has 2 aromatic carbocycles. The summed E-state index contributed by atoms with van der Waals surface area (Å²) in [5.41, 5.74) is -0.649. The van der Waals surface area contributed by atoms with E-state index in [0.717, 1.165) is 0 Å². The number of hydrogen-bond acceptors (Lipinski definition) is 10. The Morgan fingerprint density at radius 2 is 1.76 bits per heavy atom. The Hall–Kier alpha value is -2.89. The molecular weight excluding hydrogens is 388 g/mol. The summed E-state index contributed by atoms with van der Waals surface area (Å²) < 4.78 is 16.5. The number of aliphatic hydroxyl groups excluding tert-OH is 4. The normalized spacial score (nSPS) is 27.4. The van der Waals surface area contributed by atoms with Gasteiger partial charge in [0.2, 0.25) is 11.7 Å². The maximum Gasteiger partial charge on any atom is 0.229 e. The van der Waals surface area contributed by atoms with E-state index < -0.39 is 42.7 Å². The topological polar surface area (TPSA) is 170 Å². The van der Waals surface area contributed by atoms with Crippen molar-refractivity contribution in [1.29, 1.82) is 0 Å². The largest absolute Gasteiger partial charge is 0.508 e. The molecule has 1 aliphatic heterocycles. The molecule has 2 heterocycles. The Balaban J connectivity index is 1.82. The average Bonchev–Trinajstić information content (AvgIpc) is 2.70. The van der Waals surface area contributed by atoms with E-state index in [2.05, 4.69) is 0 Å². The van der Waals surface area contributed by atoms with Crippen LogP contribution in [0.3, 0.4) is 0 Å². The molecule has 154 valence electrons. The standard InChI is InChI=1S/C19H18O10/c20-6-12-15(24)16(25)17(26)19(29-12)28-11-4-2-9(22)13-14(23)8-5-7(21)1-3-10(8)27-18(11)13/h1-5,12,15-17,19-22,24-26H,6H2/t12-,15-,16+,17-,19-/m1/s1. The number of phenolic OH excluding ortho intramolecular Hbond substituents is 2. The maximum absolute atomic E-state index is 12.8. The number of aliphatic hydroxyl groups is 4. The fourth-order valence-electron chi connectivity index (χ4n) is 3.29. The van der Waals surface area contributed by atoms with Gasteiger partial charge in [-0.25, -0.2) is 0 Å². The van der Waals surface area contributed by atoms with Crippen molar-refractivity contribution in [2.24, 2.45) is 0 Å². The van der Waals surface area contributed by atoms with Crippen LogP contribution < -0.4 is 10.2 Å². The lowest BCUT2D eigenvalue weighted by Crippen LogP contribution is -2.60. The van der Waals surface area contributed by atoms with Crippen molar-refractivity contribution in [1.82, 2.24) is 0 Å². The summed E-state index contributed by atoms with van der Waals surface area (Å²) in [4.78, 5) is 12.8. The van der Waals surface area contributed by atoms with Crippen molar-refractivity contribution in [3.8, 4) is 17.2 Å². The van der Waals surface area contributed by atoms with E-state index in [1.807, 2.05) is 0 Å². The highest BCUT2D eigenvalue weighted by molar-refractivity contribution is 5.96. The molecule has 0 amide bonds. The highest BCUT2D eigenvalue weighted by Gasteiger charge is 2.45. The zero-order chi connectivity index (χ0) is 20.9. The van der Waals surface area contributed by atoms with Crippen LogP contribution in [0, 0.1) is 0 Å². The van der Waals surface area contributed by atoms with Gasteiger partial charge in [0.05, 0.1) is 12.0 Å². The minimum absolute atomic E-state index is 0.0396. The predicted molar refractivity (Wildman–Crippen MR) is 97.7 cm³/mol. The maximum atomic E-state index is 12.8. The minimum Gasteiger partial charge on any atom is -0.508 e. The molecule has 6 N–H and O–H groups in total. The summed E-state index contributed by atoms with van der Waals surface area (Å²) in [6.07, 6.45) is -7.55. The number of rotatable bonds is 3. The van der Waals surface area contributed by atoms with Crippen LogP contribution in [-0.2, 0) is 4.74 Å². The number of phenols is 2. The number of fused-ring (bicyclic) bond motifs is 2. The van der Waals surface area contributed by atoms with E-state index in [1.165, 1.54) is 30.3 Å². The van der Waals surface area contributed by atoms with Gasteiger partial charge in [0.25, 0.3) is 0 Å². The zero-order valence-electron chi connectivity index (χ0n) is 14.8. The number of benzene rings is 2. The van der Waals surface area contributed by atoms with Gasteiger partial charge in [0.1, 0.15) is 46.9 Å². The molecule has 10 nitrogen and oxygen atoms in total. The van der Waals surface area contributed by atoms with Crippen LogP contribution in [0.4, 0.5) is 0 Å². The lowest BCUT2D eigenvalue weighted by molar-refractivity contribution is -0.277. The van der Waals surface area contributed by atoms with Gasteiger partial charge in [-0.15, -0.1) is 0 Å². The van der Waals surface area contributed by atoms with E-state index in [0.29, 0.717) is 0 Å². The van der Waals surface area contributed by atoms with Crippen molar-refractivity contribution in [2.75, 3.05) is 6.61 Å². The van der Waals surface area contributed by atoms with Crippen LogP contribution in [0.1, 0.15) is 0 Å². The van der Waals surface area contributed by atoms with Crippen molar-refractivity contribution < 1.29 is 44.5 Å². The van der Waals surface area contributed by atoms with Gasteiger partial charge in [-0.1, -0.05) is 0 Å². The van der Waals surface area contributed by atoms with Gasteiger partial charge < -0.3 is 44.5 Å². The van der Waals surface area contributed by atoms with Crippen molar-refractivity contribution in [2.45, 2.75) is 30.7 Å². The highest BCUT2D eigenvalue weighted by atomic mass is 16.7. The van der Waals surface area contributed by atoms with E-state index in [9.17, 15) is 35.4 Å². The zero-order valence-corrected chi connectivity index (χ0v) is 14.8. The third kappa shape index (κ3) is 3.16. The SMILES string of the molecule is O=c1c2cc(O)ccc2oc2c(O[C@@H]3O[C@H](CO)[C@@H](O)[C@H](O)[C@H]3O)ccc(O)c12. The quantitative estimate of drug-likeness (QED) is 0.313. The second kappa shape index (κ2) is 7.17. The predicted octanol–water partition coefficient (Wildman–Crippen LogP) is -0.464. The number of ether oxygens (including phenoxy) is 2. The molecule has 10 heteroatoms. The van der Waals surface area contributed by atoms with E-state index >= 15 is 0 Å². The Labute approximate surface area is 162 Å². The molecule has 0 unspecified atom stereocenters. The highest BCUT2D eigenvalue weighted by Crippen LogP contribution is 2.35. The first kappa shape index (κ1) is 19.4. The first-order valence-electron chi connectivity index (χ1n) is 8.70. The first-order chi connectivity index (χ1) is 13.8. The molecular formula is C19H18O10. The molecule has 0 radical (unpaired) electrons. The molecule has 1 fully saturated rings. The number of aromatic hydroxyl groups is 2. The molecule has 1 saturated heterocycles.